The molecule has 5 nitrogen and oxygen atoms in total. The van der Waals surface area contributed by atoms with Gasteiger partial charge in [0.25, 0.3) is 0 Å². The molecule has 0 unspecified atom stereocenters. The maximum atomic E-state index is 12.6. The van der Waals surface area contributed by atoms with Crippen molar-refractivity contribution in [1.82, 2.24) is 4.90 Å². The van der Waals surface area contributed by atoms with Crippen LogP contribution in [0.15, 0.2) is 24.3 Å². The van der Waals surface area contributed by atoms with E-state index in [4.69, 9.17) is 9.47 Å². The van der Waals surface area contributed by atoms with Crippen LogP contribution in [-0.2, 0) is 9.53 Å². The molecule has 2 atom stereocenters. The Morgan fingerprint density at radius 3 is 2.29 bits per heavy atom. The third kappa shape index (κ3) is 4.98. The number of ether oxygens (including phenoxy) is 2. The van der Waals surface area contributed by atoms with E-state index in [1.165, 1.54) is 6.92 Å². The molecule has 1 fully saturated rings. The largest absolute Gasteiger partial charge is 0.444 e. The number of hydrogen-bond donors (Lipinski definition) is 0. The van der Waals surface area contributed by atoms with Gasteiger partial charge in [0.1, 0.15) is 11.4 Å². The van der Waals surface area contributed by atoms with Crippen molar-refractivity contribution < 1.29 is 19.1 Å². The highest BCUT2D eigenvalue weighted by molar-refractivity contribution is 5.70. The second-order valence-corrected chi connectivity index (χ2v) is 7.49. The van der Waals surface area contributed by atoms with E-state index in [0.29, 0.717) is 18.2 Å². The lowest BCUT2D eigenvalue weighted by molar-refractivity contribution is -0.131. The first-order valence-corrected chi connectivity index (χ1v) is 8.43. The fraction of sp³-hybridized carbons (Fsp3) is 0.579. The average molecular weight is 333 g/mol. The minimum atomic E-state index is -0.512. The van der Waals surface area contributed by atoms with Gasteiger partial charge in [0.2, 0.25) is 0 Å². The molecule has 0 radical (unpaired) electrons. The van der Waals surface area contributed by atoms with E-state index in [1.807, 2.05) is 37.8 Å². The molecule has 0 spiro atoms. The molecular weight excluding hydrogens is 306 g/mol. The maximum absolute atomic E-state index is 12.6. The Kier molecular flexibility index (Phi) is 5.52. The summed E-state index contributed by atoms with van der Waals surface area (Å²) in [5.41, 5.74) is 0.519. The standard InChI is InChI=1S/C19H27NO4/c1-13-6-11-17(20(12-13)18(22)24-19(3,4)5)15-7-9-16(10-8-15)23-14(2)21/h7-10,13,17H,6,11-12H2,1-5H3/t13-,17+/m1/s1. The van der Waals surface area contributed by atoms with E-state index >= 15 is 0 Å². The third-order valence-electron chi connectivity index (χ3n) is 3.97. The maximum Gasteiger partial charge on any atom is 0.410 e. The summed E-state index contributed by atoms with van der Waals surface area (Å²) in [4.78, 5) is 25.4. The fourth-order valence-corrected chi connectivity index (χ4v) is 2.95. The van der Waals surface area contributed by atoms with E-state index in [-0.39, 0.29) is 18.1 Å². The Balaban J connectivity index is 2.18. The fourth-order valence-electron chi connectivity index (χ4n) is 2.95. The normalized spacial score (nSPS) is 21.3. The number of rotatable bonds is 2. The van der Waals surface area contributed by atoms with Gasteiger partial charge in [0.05, 0.1) is 6.04 Å². The first kappa shape index (κ1) is 18.3. The van der Waals surface area contributed by atoms with E-state index < -0.39 is 5.60 Å². The molecule has 1 aromatic rings. The molecule has 1 aliphatic heterocycles. The van der Waals surface area contributed by atoms with Gasteiger partial charge in [0.15, 0.2) is 0 Å². The molecule has 24 heavy (non-hydrogen) atoms. The molecule has 0 aromatic heterocycles. The lowest BCUT2D eigenvalue weighted by Crippen LogP contribution is -2.44. The molecule has 0 aliphatic carbocycles. The zero-order valence-electron chi connectivity index (χ0n) is 15.2. The third-order valence-corrected chi connectivity index (χ3v) is 3.97. The molecule has 2 rings (SSSR count). The Morgan fingerprint density at radius 2 is 1.75 bits per heavy atom. The van der Waals surface area contributed by atoms with Crippen molar-refractivity contribution in [2.75, 3.05) is 6.54 Å². The molecule has 1 saturated heterocycles. The van der Waals surface area contributed by atoms with E-state index in [2.05, 4.69) is 6.92 Å². The van der Waals surface area contributed by atoms with Crippen LogP contribution in [0.1, 0.15) is 59.1 Å². The minimum absolute atomic E-state index is 0.0116. The molecule has 0 saturated carbocycles. The molecule has 132 valence electrons. The van der Waals surface area contributed by atoms with Gasteiger partial charge < -0.3 is 14.4 Å². The number of esters is 1. The summed E-state index contributed by atoms with van der Waals surface area (Å²) < 4.78 is 10.6. The molecule has 1 aromatic carbocycles. The van der Waals surface area contributed by atoms with Crippen molar-refractivity contribution in [3.05, 3.63) is 29.8 Å². The van der Waals surface area contributed by atoms with Crippen LogP contribution in [0, 0.1) is 5.92 Å². The lowest BCUT2D eigenvalue weighted by Gasteiger charge is -2.39. The summed E-state index contributed by atoms with van der Waals surface area (Å²) in [6, 6.07) is 7.35. The van der Waals surface area contributed by atoms with Crippen LogP contribution in [0.3, 0.4) is 0 Å². The summed E-state index contributed by atoms with van der Waals surface area (Å²) in [6.07, 6.45) is 1.69. The number of hydrogen-bond acceptors (Lipinski definition) is 4. The van der Waals surface area contributed by atoms with Gasteiger partial charge in [0, 0.05) is 13.5 Å². The molecular formula is C19H27NO4. The van der Waals surface area contributed by atoms with E-state index in [1.54, 1.807) is 12.1 Å². The Hall–Kier alpha value is -2.04. The predicted octanol–water partition coefficient (Wildman–Crippen LogP) is 4.32. The predicted molar refractivity (Wildman–Crippen MR) is 91.8 cm³/mol. The number of likely N-dealkylation sites (tertiary alicyclic amines) is 1. The van der Waals surface area contributed by atoms with Gasteiger partial charge in [-0.05, 0) is 57.2 Å². The van der Waals surface area contributed by atoms with Crippen LogP contribution in [0.25, 0.3) is 0 Å². The van der Waals surface area contributed by atoms with Gasteiger partial charge >= 0.3 is 12.1 Å². The number of carbonyl (C=O) groups is 2. The first-order chi connectivity index (χ1) is 11.2. The van der Waals surface area contributed by atoms with Crippen LogP contribution in [-0.4, -0.2) is 29.1 Å². The number of nitrogens with zero attached hydrogens (tertiary/aromatic N) is 1. The quantitative estimate of drug-likeness (QED) is 0.597. The van der Waals surface area contributed by atoms with Crippen LogP contribution >= 0.6 is 0 Å². The summed E-state index contributed by atoms with van der Waals surface area (Å²) in [6.45, 7) is 9.84. The van der Waals surface area contributed by atoms with Gasteiger partial charge in [-0.25, -0.2) is 4.79 Å². The van der Waals surface area contributed by atoms with Crippen LogP contribution in [0.5, 0.6) is 5.75 Å². The number of carbonyl (C=O) groups excluding carboxylic acids is 2. The summed E-state index contributed by atoms with van der Waals surface area (Å²) in [5, 5.41) is 0. The van der Waals surface area contributed by atoms with E-state index in [0.717, 1.165) is 18.4 Å². The first-order valence-electron chi connectivity index (χ1n) is 8.43. The minimum Gasteiger partial charge on any atom is -0.444 e. The van der Waals surface area contributed by atoms with Crippen molar-refractivity contribution in [2.45, 2.75) is 59.1 Å². The molecule has 1 aliphatic rings. The second-order valence-electron chi connectivity index (χ2n) is 7.49. The monoisotopic (exact) mass is 333 g/mol. The molecule has 5 heteroatoms. The topological polar surface area (TPSA) is 55.8 Å². The van der Waals surface area contributed by atoms with Crippen LogP contribution < -0.4 is 4.74 Å². The number of amides is 1. The highest BCUT2D eigenvalue weighted by Gasteiger charge is 2.33. The summed E-state index contributed by atoms with van der Waals surface area (Å²) in [7, 11) is 0. The second kappa shape index (κ2) is 7.24. The van der Waals surface area contributed by atoms with Crippen molar-refractivity contribution in [3.63, 3.8) is 0 Å². The van der Waals surface area contributed by atoms with Crippen molar-refractivity contribution in [2.24, 2.45) is 5.92 Å². The van der Waals surface area contributed by atoms with Crippen molar-refractivity contribution in [3.8, 4) is 5.75 Å². The average Bonchev–Trinajstić information content (AvgIpc) is 2.46. The Labute approximate surface area is 143 Å². The van der Waals surface area contributed by atoms with Gasteiger partial charge in [-0.1, -0.05) is 19.1 Å². The number of piperidine rings is 1. The molecule has 0 N–H and O–H groups in total. The Morgan fingerprint density at radius 1 is 1.12 bits per heavy atom. The molecule has 0 bridgehead atoms. The molecule has 1 amide bonds. The van der Waals surface area contributed by atoms with Crippen molar-refractivity contribution >= 4 is 12.1 Å². The summed E-state index contributed by atoms with van der Waals surface area (Å²) in [5.74, 6) is 0.623. The Bertz CT molecular complexity index is 588. The van der Waals surface area contributed by atoms with Gasteiger partial charge in [-0.15, -0.1) is 0 Å². The number of benzene rings is 1. The zero-order chi connectivity index (χ0) is 17.9. The summed E-state index contributed by atoms with van der Waals surface area (Å²) >= 11 is 0. The lowest BCUT2D eigenvalue weighted by atomic mass is 9.90. The van der Waals surface area contributed by atoms with Gasteiger partial charge in [-0.2, -0.15) is 0 Å². The highest BCUT2D eigenvalue weighted by Crippen LogP contribution is 2.35. The zero-order valence-corrected chi connectivity index (χ0v) is 15.2. The molecule has 1 heterocycles. The van der Waals surface area contributed by atoms with Crippen LogP contribution in [0.4, 0.5) is 4.79 Å². The SMILES string of the molecule is CC(=O)Oc1ccc([C@@H]2CC[C@@H](C)CN2C(=O)OC(C)(C)C)cc1. The highest BCUT2D eigenvalue weighted by atomic mass is 16.6. The van der Waals surface area contributed by atoms with Gasteiger partial charge in [-0.3, -0.25) is 4.79 Å². The van der Waals surface area contributed by atoms with Crippen molar-refractivity contribution in [1.29, 1.82) is 0 Å². The van der Waals surface area contributed by atoms with Crippen LogP contribution in [0.2, 0.25) is 0 Å². The van der Waals surface area contributed by atoms with E-state index in [9.17, 15) is 9.59 Å². The smallest absolute Gasteiger partial charge is 0.410 e.